The number of aryl methyl sites for hydroxylation is 1. The summed E-state index contributed by atoms with van der Waals surface area (Å²) in [5.41, 5.74) is 1.78. The minimum absolute atomic E-state index is 0.0974. The number of alkyl halides is 1. The number of hydrogen-bond acceptors (Lipinski definition) is 2. The summed E-state index contributed by atoms with van der Waals surface area (Å²) in [6.07, 6.45) is 0.601. The largest absolute Gasteiger partial charge is 0.261 e. The molecule has 1 aromatic carbocycles. The number of rotatable bonds is 1. The van der Waals surface area contributed by atoms with E-state index in [1.54, 1.807) is 12.1 Å². The molecule has 0 bridgehead atoms. The third-order valence-corrected chi connectivity index (χ3v) is 3.98. The summed E-state index contributed by atoms with van der Waals surface area (Å²) in [7, 11) is 1.56. The molecular formula is C10H10ClFO2S. The number of fused-ring (bicyclic) bond motifs is 1. The van der Waals surface area contributed by atoms with E-state index in [0.717, 1.165) is 11.1 Å². The third kappa shape index (κ3) is 2.32. The fourth-order valence-electron chi connectivity index (χ4n) is 1.84. The van der Waals surface area contributed by atoms with E-state index in [1.807, 2.05) is 0 Å². The summed E-state index contributed by atoms with van der Waals surface area (Å²) >= 11 is 0. The molecule has 0 amide bonds. The highest BCUT2D eigenvalue weighted by atomic mass is 35.7. The van der Waals surface area contributed by atoms with Crippen molar-refractivity contribution in [3.63, 3.8) is 0 Å². The van der Waals surface area contributed by atoms with Crippen molar-refractivity contribution in [1.82, 2.24) is 0 Å². The molecule has 2 rings (SSSR count). The molecule has 0 saturated heterocycles. The SMILES string of the molecule is O=S(=O)(Cl)c1ccc2c(c1)CCC(F)C2. The highest BCUT2D eigenvalue weighted by molar-refractivity contribution is 8.13. The van der Waals surface area contributed by atoms with E-state index >= 15 is 0 Å². The van der Waals surface area contributed by atoms with Crippen molar-refractivity contribution >= 4 is 19.7 Å². The molecule has 15 heavy (non-hydrogen) atoms. The van der Waals surface area contributed by atoms with Gasteiger partial charge in [0.05, 0.1) is 4.90 Å². The van der Waals surface area contributed by atoms with Crippen LogP contribution in [0.3, 0.4) is 0 Å². The molecule has 0 heterocycles. The number of benzene rings is 1. The predicted molar refractivity (Wildman–Crippen MR) is 56.4 cm³/mol. The van der Waals surface area contributed by atoms with Crippen LogP contribution in [0.2, 0.25) is 0 Å². The Balaban J connectivity index is 2.44. The minimum atomic E-state index is -3.67. The molecule has 0 aliphatic heterocycles. The zero-order valence-corrected chi connectivity index (χ0v) is 9.48. The van der Waals surface area contributed by atoms with Crippen LogP contribution in [-0.4, -0.2) is 14.6 Å². The Bertz CT molecular complexity index is 484. The second-order valence-electron chi connectivity index (χ2n) is 3.71. The molecule has 0 N–H and O–H groups in total. The van der Waals surface area contributed by atoms with Gasteiger partial charge in [0, 0.05) is 17.1 Å². The van der Waals surface area contributed by atoms with E-state index in [9.17, 15) is 12.8 Å². The van der Waals surface area contributed by atoms with Crippen molar-refractivity contribution in [3.8, 4) is 0 Å². The van der Waals surface area contributed by atoms with Gasteiger partial charge in [-0.3, -0.25) is 0 Å². The molecule has 2 nitrogen and oxygen atoms in total. The van der Waals surface area contributed by atoms with Crippen LogP contribution >= 0.6 is 10.7 Å². The summed E-state index contributed by atoms with van der Waals surface area (Å²) in [5.74, 6) is 0. The van der Waals surface area contributed by atoms with Crippen LogP contribution in [0.25, 0.3) is 0 Å². The molecule has 0 radical (unpaired) electrons. The fourth-order valence-corrected chi connectivity index (χ4v) is 2.64. The van der Waals surface area contributed by atoms with Gasteiger partial charge in [-0.15, -0.1) is 0 Å². The molecule has 5 heteroatoms. The highest BCUT2D eigenvalue weighted by Gasteiger charge is 2.20. The van der Waals surface area contributed by atoms with Gasteiger partial charge in [-0.2, -0.15) is 0 Å². The Labute approximate surface area is 92.5 Å². The molecular weight excluding hydrogens is 239 g/mol. The van der Waals surface area contributed by atoms with Gasteiger partial charge in [0.25, 0.3) is 9.05 Å². The molecule has 1 aliphatic rings. The second kappa shape index (κ2) is 3.76. The molecule has 1 unspecified atom stereocenters. The van der Waals surface area contributed by atoms with Crippen LogP contribution in [0, 0.1) is 0 Å². The maximum absolute atomic E-state index is 13.1. The summed E-state index contributed by atoms with van der Waals surface area (Å²) in [5, 5.41) is 0. The molecule has 1 aromatic rings. The first kappa shape index (κ1) is 10.9. The van der Waals surface area contributed by atoms with Crippen LogP contribution in [0.4, 0.5) is 4.39 Å². The van der Waals surface area contributed by atoms with E-state index in [2.05, 4.69) is 0 Å². The van der Waals surface area contributed by atoms with Gasteiger partial charge in [-0.1, -0.05) is 6.07 Å². The maximum atomic E-state index is 13.1. The van der Waals surface area contributed by atoms with E-state index in [4.69, 9.17) is 10.7 Å². The lowest BCUT2D eigenvalue weighted by atomic mass is 9.91. The first-order valence-corrected chi connectivity index (χ1v) is 6.98. The van der Waals surface area contributed by atoms with Crippen molar-refractivity contribution in [2.45, 2.75) is 30.3 Å². The zero-order chi connectivity index (χ0) is 11.1. The quantitative estimate of drug-likeness (QED) is 0.716. The predicted octanol–water partition coefficient (Wildman–Crippen LogP) is 2.44. The van der Waals surface area contributed by atoms with Crippen molar-refractivity contribution in [2.75, 3.05) is 0 Å². The highest BCUT2D eigenvalue weighted by Crippen LogP contribution is 2.26. The van der Waals surface area contributed by atoms with Crippen LogP contribution < -0.4 is 0 Å². The van der Waals surface area contributed by atoms with E-state index in [1.165, 1.54) is 6.07 Å². The Morgan fingerprint density at radius 1 is 1.33 bits per heavy atom. The molecule has 1 atom stereocenters. The van der Waals surface area contributed by atoms with Crippen LogP contribution in [0.1, 0.15) is 17.5 Å². The van der Waals surface area contributed by atoms with Gasteiger partial charge < -0.3 is 0 Å². The average Bonchev–Trinajstić information content (AvgIpc) is 2.15. The fraction of sp³-hybridized carbons (Fsp3) is 0.400. The Morgan fingerprint density at radius 3 is 2.73 bits per heavy atom. The van der Waals surface area contributed by atoms with E-state index < -0.39 is 15.2 Å². The van der Waals surface area contributed by atoms with Gasteiger partial charge in [0.2, 0.25) is 0 Å². The maximum Gasteiger partial charge on any atom is 0.261 e. The first-order valence-electron chi connectivity index (χ1n) is 4.67. The first-order chi connectivity index (χ1) is 6.97. The Hall–Kier alpha value is -0.610. The van der Waals surface area contributed by atoms with Crippen molar-refractivity contribution in [3.05, 3.63) is 29.3 Å². The summed E-state index contributed by atoms with van der Waals surface area (Å²) in [6.45, 7) is 0. The van der Waals surface area contributed by atoms with E-state index in [-0.39, 0.29) is 4.90 Å². The normalized spacial score (nSPS) is 21.1. The summed E-state index contributed by atoms with van der Waals surface area (Å²) in [6, 6.07) is 4.62. The zero-order valence-electron chi connectivity index (χ0n) is 7.91. The molecule has 82 valence electrons. The van der Waals surface area contributed by atoms with Crippen molar-refractivity contribution < 1.29 is 12.8 Å². The summed E-state index contributed by atoms with van der Waals surface area (Å²) < 4.78 is 35.2. The standard InChI is InChI=1S/C10H10ClFO2S/c11-15(13,14)10-4-2-7-5-9(12)3-1-8(7)6-10/h2,4,6,9H,1,3,5H2. The van der Waals surface area contributed by atoms with Crippen LogP contribution in [0.15, 0.2) is 23.1 Å². The molecule has 0 spiro atoms. The van der Waals surface area contributed by atoms with Gasteiger partial charge in [0.15, 0.2) is 0 Å². The molecule has 0 aromatic heterocycles. The Kier molecular flexibility index (Phi) is 2.73. The number of halogens is 2. The smallest absolute Gasteiger partial charge is 0.247 e. The number of hydrogen-bond donors (Lipinski definition) is 0. The van der Waals surface area contributed by atoms with Gasteiger partial charge in [-0.25, -0.2) is 12.8 Å². The van der Waals surface area contributed by atoms with Gasteiger partial charge in [0.1, 0.15) is 6.17 Å². The lowest BCUT2D eigenvalue weighted by Gasteiger charge is -2.19. The monoisotopic (exact) mass is 248 g/mol. The average molecular weight is 249 g/mol. The molecule has 0 fully saturated rings. The third-order valence-electron chi connectivity index (χ3n) is 2.63. The van der Waals surface area contributed by atoms with Gasteiger partial charge >= 0.3 is 0 Å². The lowest BCUT2D eigenvalue weighted by Crippen LogP contribution is -2.15. The van der Waals surface area contributed by atoms with Crippen molar-refractivity contribution in [1.29, 1.82) is 0 Å². The topological polar surface area (TPSA) is 34.1 Å². The van der Waals surface area contributed by atoms with Gasteiger partial charge in [-0.05, 0) is 36.1 Å². The van der Waals surface area contributed by atoms with Crippen molar-refractivity contribution in [2.24, 2.45) is 0 Å². The Morgan fingerprint density at radius 2 is 2.07 bits per heavy atom. The summed E-state index contributed by atoms with van der Waals surface area (Å²) in [4.78, 5) is 0.0974. The van der Waals surface area contributed by atoms with Crippen LogP contribution in [0.5, 0.6) is 0 Å². The molecule has 1 aliphatic carbocycles. The molecule has 0 saturated carbocycles. The lowest BCUT2D eigenvalue weighted by molar-refractivity contribution is 0.301. The minimum Gasteiger partial charge on any atom is -0.247 e. The van der Waals surface area contributed by atoms with E-state index in [0.29, 0.717) is 19.3 Å². The van der Waals surface area contributed by atoms with Crippen LogP contribution in [-0.2, 0) is 21.9 Å². The second-order valence-corrected chi connectivity index (χ2v) is 6.27.